The number of piperazine rings is 1. The topological polar surface area (TPSA) is 63.0 Å². The summed E-state index contributed by atoms with van der Waals surface area (Å²) in [7, 11) is 1.37. The van der Waals surface area contributed by atoms with Crippen LogP contribution in [0, 0.1) is 0 Å². The van der Waals surface area contributed by atoms with Gasteiger partial charge in [0, 0.05) is 36.8 Å². The number of carbonyl (C=O) groups excluding carboxylic acids is 1. The minimum Gasteiger partial charge on any atom is -0.490 e. The van der Waals surface area contributed by atoms with Crippen molar-refractivity contribution in [3.63, 3.8) is 0 Å². The Balaban J connectivity index is 1.76. The first-order valence-electron chi connectivity index (χ1n) is 8.08. The Labute approximate surface area is 160 Å². The van der Waals surface area contributed by atoms with E-state index in [4.69, 9.17) is 32.4 Å². The van der Waals surface area contributed by atoms with Crippen LogP contribution >= 0.6 is 23.2 Å². The molecular formula is C18H18Cl2N2O4. The number of carbonyl (C=O) groups is 1. The molecule has 1 aromatic heterocycles. The molecule has 0 saturated carbocycles. The molecule has 1 amide bonds. The summed E-state index contributed by atoms with van der Waals surface area (Å²) in [6.45, 7) is 3.59. The fourth-order valence-electron chi connectivity index (χ4n) is 3.01. The van der Waals surface area contributed by atoms with Gasteiger partial charge in [-0.1, -0.05) is 23.2 Å². The van der Waals surface area contributed by atoms with E-state index >= 15 is 0 Å². The first kappa shape index (κ1) is 18.6. The molecule has 0 aliphatic carbocycles. The molecule has 1 aromatic carbocycles. The molecule has 1 unspecified atom stereocenters. The zero-order valence-electron chi connectivity index (χ0n) is 14.4. The van der Waals surface area contributed by atoms with Crippen molar-refractivity contribution < 1.29 is 13.9 Å². The predicted octanol–water partition coefficient (Wildman–Crippen LogP) is 3.31. The van der Waals surface area contributed by atoms with Crippen LogP contribution in [0.2, 0.25) is 10.0 Å². The van der Waals surface area contributed by atoms with Crippen molar-refractivity contribution in [2.45, 2.75) is 13.0 Å². The molecule has 3 rings (SSSR count). The Morgan fingerprint density at radius 3 is 2.69 bits per heavy atom. The number of hydrogen-bond donors (Lipinski definition) is 0. The SMILES string of the molecule is COc1coc(C(=O)N2CCN(c3cc(Cl)ccc3Cl)CC2C)cc1=O. The second-order valence-corrected chi connectivity index (χ2v) is 6.91. The zero-order chi connectivity index (χ0) is 18.8. The largest absolute Gasteiger partial charge is 0.490 e. The van der Waals surface area contributed by atoms with Gasteiger partial charge in [0.15, 0.2) is 5.76 Å². The van der Waals surface area contributed by atoms with Gasteiger partial charge in [-0.25, -0.2) is 0 Å². The van der Waals surface area contributed by atoms with Gasteiger partial charge in [0.25, 0.3) is 5.91 Å². The van der Waals surface area contributed by atoms with E-state index in [1.807, 2.05) is 13.0 Å². The summed E-state index contributed by atoms with van der Waals surface area (Å²) in [5.41, 5.74) is 0.452. The van der Waals surface area contributed by atoms with E-state index in [9.17, 15) is 9.59 Å². The van der Waals surface area contributed by atoms with Crippen LogP contribution in [0.3, 0.4) is 0 Å². The molecule has 2 heterocycles. The Bertz CT molecular complexity index is 884. The van der Waals surface area contributed by atoms with E-state index in [1.54, 1.807) is 17.0 Å². The Morgan fingerprint density at radius 2 is 2.04 bits per heavy atom. The summed E-state index contributed by atoms with van der Waals surface area (Å²) in [6, 6.07) is 6.37. The average molecular weight is 397 g/mol. The van der Waals surface area contributed by atoms with Crippen molar-refractivity contribution in [1.82, 2.24) is 4.90 Å². The number of hydrogen-bond acceptors (Lipinski definition) is 5. The third-order valence-electron chi connectivity index (χ3n) is 4.37. The fraction of sp³-hybridized carbons (Fsp3) is 0.333. The van der Waals surface area contributed by atoms with Crippen LogP contribution in [-0.2, 0) is 0 Å². The van der Waals surface area contributed by atoms with Crippen molar-refractivity contribution in [2.75, 3.05) is 31.6 Å². The quantitative estimate of drug-likeness (QED) is 0.796. The number of rotatable bonds is 3. The molecular weight excluding hydrogens is 379 g/mol. The molecule has 2 aromatic rings. The first-order chi connectivity index (χ1) is 12.4. The number of methoxy groups -OCH3 is 1. The molecule has 26 heavy (non-hydrogen) atoms. The van der Waals surface area contributed by atoms with Crippen molar-refractivity contribution >= 4 is 34.8 Å². The number of anilines is 1. The summed E-state index contributed by atoms with van der Waals surface area (Å²) in [5.74, 6) is -0.263. The molecule has 8 heteroatoms. The summed E-state index contributed by atoms with van der Waals surface area (Å²) in [5, 5.41) is 1.22. The number of benzene rings is 1. The second-order valence-electron chi connectivity index (χ2n) is 6.07. The smallest absolute Gasteiger partial charge is 0.290 e. The Morgan fingerprint density at radius 1 is 1.27 bits per heavy atom. The standard InChI is InChI=1S/C18H18Cl2N2O4/c1-11-9-21(14-7-12(19)3-4-13(14)20)5-6-22(11)18(24)16-8-15(23)17(25-2)10-26-16/h3-4,7-8,10-11H,5-6,9H2,1-2H3. The normalized spacial score (nSPS) is 17.3. The highest BCUT2D eigenvalue weighted by Gasteiger charge is 2.30. The lowest BCUT2D eigenvalue weighted by molar-refractivity contribution is 0.0638. The fourth-order valence-corrected chi connectivity index (χ4v) is 3.41. The van der Waals surface area contributed by atoms with Crippen LogP contribution in [-0.4, -0.2) is 43.6 Å². The van der Waals surface area contributed by atoms with Crippen LogP contribution in [0.15, 0.2) is 39.7 Å². The van der Waals surface area contributed by atoms with E-state index in [0.29, 0.717) is 29.7 Å². The first-order valence-corrected chi connectivity index (χ1v) is 8.84. The molecule has 6 nitrogen and oxygen atoms in total. The van der Waals surface area contributed by atoms with Crippen LogP contribution in [0.4, 0.5) is 5.69 Å². The minimum atomic E-state index is -0.390. The van der Waals surface area contributed by atoms with Gasteiger partial charge in [-0.3, -0.25) is 9.59 Å². The van der Waals surface area contributed by atoms with Crippen LogP contribution < -0.4 is 15.1 Å². The van der Waals surface area contributed by atoms with E-state index < -0.39 is 0 Å². The number of halogens is 2. The molecule has 1 fully saturated rings. The van der Waals surface area contributed by atoms with E-state index in [2.05, 4.69) is 4.90 Å². The van der Waals surface area contributed by atoms with Gasteiger partial charge in [-0.05, 0) is 25.1 Å². The maximum Gasteiger partial charge on any atom is 0.290 e. The van der Waals surface area contributed by atoms with Crippen molar-refractivity contribution in [3.05, 3.63) is 56.6 Å². The van der Waals surface area contributed by atoms with E-state index in [0.717, 1.165) is 18.0 Å². The summed E-state index contributed by atoms with van der Waals surface area (Å²) in [6.07, 6.45) is 1.15. The third-order valence-corrected chi connectivity index (χ3v) is 4.92. The van der Waals surface area contributed by atoms with Crippen LogP contribution in [0.1, 0.15) is 17.5 Å². The highest BCUT2D eigenvalue weighted by molar-refractivity contribution is 6.35. The minimum absolute atomic E-state index is 0.00288. The highest BCUT2D eigenvalue weighted by atomic mass is 35.5. The van der Waals surface area contributed by atoms with Crippen molar-refractivity contribution in [2.24, 2.45) is 0 Å². The van der Waals surface area contributed by atoms with Crippen molar-refractivity contribution in [1.29, 1.82) is 0 Å². The number of amides is 1. The average Bonchev–Trinajstić information content (AvgIpc) is 2.63. The summed E-state index contributed by atoms with van der Waals surface area (Å²) in [4.78, 5) is 28.3. The van der Waals surface area contributed by atoms with Gasteiger partial charge in [0.2, 0.25) is 11.2 Å². The lowest BCUT2D eigenvalue weighted by Crippen LogP contribution is -2.54. The lowest BCUT2D eigenvalue weighted by Gasteiger charge is -2.41. The molecule has 138 valence electrons. The monoisotopic (exact) mass is 396 g/mol. The maximum absolute atomic E-state index is 12.7. The molecule has 0 N–H and O–H groups in total. The van der Waals surface area contributed by atoms with Gasteiger partial charge < -0.3 is 19.0 Å². The van der Waals surface area contributed by atoms with E-state index in [-0.39, 0.29) is 28.9 Å². The molecule has 0 spiro atoms. The Kier molecular flexibility index (Phi) is 5.44. The van der Waals surface area contributed by atoms with Crippen LogP contribution in [0.25, 0.3) is 0 Å². The van der Waals surface area contributed by atoms with Gasteiger partial charge in [0.05, 0.1) is 17.8 Å². The third kappa shape index (κ3) is 3.66. The van der Waals surface area contributed by atoms with Crippen LogP contribution in [0.5, 0.6) is 5.75 Å². The lowest BCUT2D eigenvalue weighted by atomic mass is 10.1. The van der Waals surface area contributed by atoms with Gasteiger partial charge in [0.1, 0.15) is 6.26 Å². The van der Waals surface area contributed by atoms with Gasteiger partial charge in [-0.2, -0.15) is 0 Å². The van der Waals surface area contributed by atoms with E-state index in [1.165, 1.54) is 7.11 Å². The molecule has 1 aliphatic heterocycles. The Hall–Kier alpha value is -2.18. The predicted molar refractivity (Wildman–Crippen MR) is 101 cm³/mol. The summed E-state index contributed by atoms with van der Waals surface area (Å²) >= 11 is 12.3. The molecule has 0 radical (unpaired) electrons. The summed E-state index contributed by atoms with van der Waals surface area (Å²) < 4.78 is 10.1. The number of nitrogens with zero attached hydrogens (tertiary/aromatic N) is 2. The molecule has 0 bridgehead atoms. The molecule has 1 atom stereocenters. The zero-order valence-corrected chi connectivity index (χ0v) is 15.9. The number of ether oxygens (including phenoxy) is 1. The highest BCUT2D eigenvalue weighted by Crippen LogP contribution is 2.30. The molecule has 1 saturated heterocycles. The molecule has 1 aliphatic rings. The van der Waals surface area contributed by atoms with Gasteiger partial charge >= 0.3 is 0 Å². The maximum atomic E-state index is 12.7. The second kappa shape index (κ2) is 7.60. The van der Waals surface area contributed by atoms with Gasteiger partial charge in [-0.15, -0.1) is 0 Å². The van der Waals surface area contributed by atoms with Crippen molar-refractivity contribution in [3.8, 4) is 5.75 Å².